The number of piperidine rings is 1. The minimum atomic E-state index is -0.507. The SMILES string of the molecule is CC(C)(C(=O)NCC(c1ccccc1)N1CCCCC1)N1CCOCC1. The molecule has 1 unspecified atom stereocenters. The van der Waals surface area contributed by atoms with Gasteiger partial charge in [0.2, 0.25) is 5.91 Å². The zero-order valence-electron chi connectivity index (χ0n) is 16.2. The first-order chi connectivity index (χ1) is 12.6. The molecule has 144 valence electrons. The van der Waals surface area contributed by atoms with Crippen molar-refractivity contribution < 1.29 is 9.53 Å². The van der Waals surface area contributed by atoms with Gasteiger partial charge in [-0.1, -0.05) is 36.8 Å². The summed E-state index contributed by atoms with van der Waals surface area (Å²) in [5, 5.41) is 3.25. The second kappa shape index (κ2) is 8.98. The molecule has 1 N–H and O–H groups in total. The first-order valence-corrected chi connectivity index (χ1v) is 9.99. The van der Waals surface area contributed by atoms with E-state index in [0.717, 1.165) is 26.2 Å². The summed E-state index contributed by atoms with van der Waals surface area (Å²) in [6.07, 6.45) is 3.81. The molecular formula is C21H33N3O2. The third-order valence-corrected chi connectivity index (χ3v) is 5.83. The van der Waals surface area contributed by atoms with E-state index in [4.69, 9.17) is 4.74 Å². The maximum Gasteiger partial charge on any atom is 0.240 e. The van der Waals surface area contributed by atoms with Crippen LogP contribution in [0.15, 0.2) is 30.3 Å². The van der Waals surface area contributed by atoms with Crippen molar-refractivity contribution in [1.29, 1.82) is 0 Å². The van der Waals surface area contributed by atoms with Gasteiger partial charge in [0.05, 0.1) is 24.8 Å². The van der Waals surface area contributed by atoms with Crippen molar-refractivity contribution in [1.82, 2.24) is 15.1 Å². The summed E-state index contributed by atoms with van der Waals surface area (Å²) in [7, 11) is 0. The molecule has 2 aliphatic heterocycles. The number of carbonyl (C=O) groups is 1. The van der Waals surface area contributed by atoms with Crippen molar-refractivity contribution in [2.24, 2.45) is 0 Å². The van der Waals surface area contributed by atoms with Gasteiger partial charge in [-0.2, -0.15) is 0 Å². The highest BCUT2D eigenvalue weighted by Gasteiger charge is 2.36. The van der Waals surface area contributed by atoms with E-state index < -0.39 is 5.54 Å². The highest BCUT2D eigenvalue weighted by Crippen LogP contribution is 2.24. The molecule has 5 nitrogen and oxygen atoms in total. The molecule has 0 spiro atoms. The molecule has 2 aliphatic rings. The molecule has 1 aromatic rings. The molecule has 3 rings (SSSR count). The third kappa shape index (κ3) is 4.64. The molecule has 2 heterocycles. The van der Waals surface area contributed by atoms with Crippen LogP contribution in [0.2, 0.25) is 0 Å². The predicted molar refractivity (Wildman–Crippen MR) is 104 cm³/mol. The van der Waals surface area contributed by atoms with E-state index >= 15 is 0 Å². The molecule has 0 aromatic heterocycles. The van der Waals surface area contributed by atoms with Gasteiger partial charge in [-0.15, -0.1) is 0 Å². The molecular weight excluding hydrogens is 326 g/mol. The summed E-state index contributed by atoms with van der Waals surface area (Å²) < 4.78 is 5.43. The Morgan fingerprint density at radius 1 is 1.08 bits per heavy atom. The number of hydrogen-bond acceptors (Lipinski definition) is 4. The second-order valence-corrected chi connectivity index (χ2v) is 7.89. The highest BCUT2D eigenvalue weighted by molar-refractivity contribution is 5.85. The Morgan fingerprint density at radius 3 is 2.38 bits per heavy atom. The normalized spacial score (nSPS) is 21.3. The molecule has 0 radical (unpaired) electrons. The van der Waals surface area contributed by atoms with Crippen molar-refractivity contribution in [3.05, 3.63) is 35.9 Å². The number of likely N-dealkylation sites (tertiary alicyclic amines) is 1. The Labute approximate surface area is 157 Å². The lowest BCUT2D eigenvalue weighted by atomic mass is 9.99. The van der Waals surface area contributed by atoms with Crippen molar-refractivity contribution in [2.75, 3.05) is 45.9 Å². The molecule has 0 saturated carbocycles. The number of carbonyl (C=O) groups excluding carboxylic acids is 1. The van der Waals surface area contributed by atoms with Crippen LogP contribution in [0.25, 0.3) is 0 Å². The summed E-state index contributed by atoms with van der Waals surface area (Å²) in [6.45, 7) is 9.97. The molecule has 26 heavy (non-hydrogen) atoms. The van der Waals surface area contributed by atoms with E-state index in [0.29, 0.717) is 19.8 Å². The minimum absolute atomic E-state index is 0.109. The average Bonchev–Trinajstić information content (AvgIpc) is 2.70. The fraction of sp³-hybridized carbons (Fsp3) is 0.667. The van der Waals surface area contributed by atoms with Crippen molar-refractivity contribution in [2.45, 2.75) is 44.7 Å². The van der Waals surface area contributed by atoms with Gasteiger partial charge in [0.1, 0.15) is 0 Å². The lowest BCUT2D eigenvalue weighted by Gasteiger charge is -2.40. The summed E-state index contributed by atoms with van der Waals surface area (Å²) >= 11 is 0. The van der Waals surface area contributed by atoms with Crippen LogP contribution in [0.4, 0.5) is 0 Å². The van der Waals surface area contributed by atoms with E-state index in [1.165, 1.54) is 24.8 Å². The summed E-state index contributed by atoms with van der Waals surface area (Å²) in [5.74, 6) is 0.109. The van der Waals surface area contributed by atoms with E-state index in [1.54, 1.807) is 0 Å². The van der Waals surface area contributed by atoms with E-state index in [9.17, 15) is 4.79 Å². The number of rotatable bonds is 6. The van der Waals surface area contributed by atoms with Crippen LogP contribution >= 0.6 is 0 Å². The number of morpholine rings is 1. The van der Waals surface area contributed by atoms with Gasteiger partial charge in [0.15, 0.2) is 0 Å². The van der Waals surface area contributed by atoms with Crippen molar-refractivity contribution in [3.8, 4) is 0 Å². The summed E-state index contributed by atoms with van der Waals surface area (Å²) in [5.41, 5.74) is 0.784. The highest BCUT2D eigenvalue weighted by atomic mass is 16.5. The summed E-state index contributed by atoms with van der Waals surface area (Å²) in [6, 6.07) is 10.8. The van der Waals surface area contributed by atoms with Crippen molar-refractivity contribution >= 4 is 5.91 Å². The average molecular weight is 360 g/mol. The van der Waals surface area contributed by atoms with Gasteiger partial charge in [-0.05, 0) is 45.3 Å². The van der Waals surface area contributed by atoms with Crippen LogP contribution < -0.4 is 5.32 Å². The van der Waals surface area contributed by atoms with Gasteiger partial charge in [-0.25, -0.2) is 0 Å². The quantitative estimate of drug-likeness (QED) is 0.847. The van der Waals surface area contributed by atoms with Crippen LogP contribution in [0.3, 0.4) is 0 Å². The topological polar surface area (TPSA) is 44.8 Å². The zero-order chi connectivity index (χ0) is 18.4. The Bertz CT molecular complexity index is 564. The number of amides is 1. The second-order valence-electron chi connectivity index (χ2n) is 7.89. The number of nitrogens with one attached hydrogen (secondary N) is 1. The van der Waals surface area contributed by atoms with Crippen LogP contribution in [0.1, 0.15) is 44.7 Å². The van der Waals surface area contributed by atoms with E-state index in [1.807, 2.05) is 13.8 Å². The lowest BCUT2D eigenvalue weighted by molar-refractivity contribution is -0.134. The Hall–Kier alpha value is -1.43. The fourth-order valence-corrected chi connectivity index (χ4v) is 4.03. The van der Waals surface area contributed by atoms with Gasteiger partial charge in [0.25, 0.3) is 0 Å². The molecule has 2 saturated heterocycles. The number of ether oxygens (including phenoxy) is 1. The van der Waals surface area contributed by atoms with Crippen LogP contribution in [0.5, 0.6) is 0 Å². The largest absolute Gasteiger partial charge is 0.379 e. The molecule has 2 fully saturated rings. The van der Waals surface area contributed by atoms with Gasteiger partial charge >= 0.3 is 0 Å². The Morgan fingerprint density at radius 2 is 1.73 bits per heavy atom. The predicted octanol–water partition coefficient (Wildman–Crippen LogP) is 2.44. The number of nitrogens with zero attached hydrogens (tertiary/aromatic N) is 2. The van der Waals surface area contributed by atoms with Crippen LogP contribution in [-0.2, 0) is 9.53 Å². The molecule has 0 bridgehead atoms. The first kappa shape index (κ1) is 19.3. The van der Waals surface area contributed by atoms with E-state index in [-0.39, 0.29) is 11.9 Å². The van der Waals surface area contributed by atoms with Gasteiger partial charge in [-0.3, -0.25) is 14.6 Å². The van der Waals surface area contributed by atoms with E-state index in [2.05, 4.69) is 45.4 Å². The van der Waals surface area contributed by atoms with Gasteiger partial charge in [0, 0.05) is 19.6 Å². The Balaban J connectivity index is 1.65. The molecule has 1 aromatic carbocycles. The minimum Gasteiger partial charge on any atom is -0.379 e. The standard InChI is InChI=1S/C21H33N3O2/c1-21(2,24-13-15-26-16-14-24)20(25)22-17-19(18-9-5-3-6-10-18)23-11-7-4-8-12-23/h3,5-6,9-10,19H,4,7-8,11-17H2,1-2H3,(H,22,25). The summed E-state index contributed by atoms with van der Waals surface area (Å²) in [4.78, 5) is 17.7. The third-order valence-electron chi connectivity index (χ3n) is 5.83. The molecule has 1 amide bonds. The van der Waals surface area contributed by atoms with Crippen molar-refractivity contribution in [3.63, 3.8) is 0 Å². The lowest BCUT2D eigenvalue weighted by Crippen LogP contribution is -2.58. The first-order valence-electron chi connectivity index (χ1n) is 9.99. The van der Waals surface area contributed by atoms with Gasteiger partial charge < -0.3 is 10.1 Å². The maximum absolute atomic E-state index is 13.0. The number of hydrogen-bond donors (Lipinski definition) is 1. The number of benzene rings is 1. The Kier molecular flexibility index (Phi) is 6.68. The zero-order valence-corrected chi connectivity index (χ0v) is 16.2. The molecule has 0 aliphatic carbocycles. The maximum atomic E-state index is 13.0. The van der Waals surface area contributed by atoms with Crippen LogP contribution in [0, 0.1) is 0 Å². The monoisotopic (exact) mass is 359 g/mol. The fourth-order valence-electron chi connectivity index (χ4n) is 4.03. The molecule has 1 atom stereocenters. The molecule has 5 heteroatoms. The smallest absolute Gasteiger partial charge is 0.240 e. The van der Waals surface area contributed by atoms with Crippen LogP contribution in [-0.4, -0.2) is 67.2 Å².